The van der Waals surface area contributed by atoms with Crippen molar-refractivity contribution in [3.8, 4) is 11.6 Å². The third-order valence-corrected chi connectivity index (χ3v) is 2.97. The number of halogens is 1. The van der Waals surface area contributed by atoms with Gasteiger partial charge in [-0.05, 0) is 19.3 Å². The molecule has 7 heteroatoms. The van der Waals surface area contributed by atoms with Gasteiger partial charge in [-0.15, -0.1) is 12.4 Å². The first-order valence-electron chi connectivity index (χ1n) is 5.42. The highest BCUT2D eigenvalue weighted by Crippen LogP contribution is 2.32. The lowest BCUT2D eigenvalue weighted by Gasteiger charge is -2.01. The lowest BCUT2D eigenvalue weighted by molar-refractivity contribution is 0.353. The van der Waals surface area contributed by atoms with E-state index < -0.39 is 0 Å². The van der Waals surface area contributed by atoms with Crippen LogP contribution >= 0.6 is 12.4 Å². The number of nitrogens with two attached hydrogens (primary N) is 1. The molecule has 0 radical (unpaired) electrons. The summed E-state index contributed by atoms with van der Waals surface area (Å²) < 4.78 is 5.24. The first-order chi connectivity index (χ1) is 7.83. The van der Waals surface area contributed by atoms with E-state index in [1.807, 2.05) is 0 Å². The Labute approximate surface area is 104 Å². The molecule has 1 aliphatic rings. The number of aromatic amines is 1. The van der Waals surface area contributed by atoms with Gasteiger partial charge in [-0.2, -0.15) is 4.98 Å². The van der Waals surface area contributed by atoms with Gasteiger partial charge >= 0.3 is 0 Å². The van der Waals surface area contributed by atoms with Crippen molar-refractivity contribution in [3.63, 3.8) is 0 Å². The van der Waals surface area contributed by atoms with Crippen LogP contribution in [-0.4, -0.2) is 26.2 Å². The number of aromatic nitrogens is 4. The first kappa shape index (κ1) is 12.1. The predicted octanol–water partition coefficient (Wildman–Crippen LogP) is 1.48. The molecule has 1 fully saturated rings. The van der Waals surface area contributed by atoms with Gasteiger partial charge in [0.15, 0.2) is 5.82 Å². The Kier molecular flexibility index (Phi) is 3.44. The molecule has 0 aromatic carbocycles. The lowest BCUT2D eigenvalue weighted by atomic mass is 10.1. The summed E-state index contributed by atoms with van der Waals surface area (Å²) in [5, 5.41) is 3.91. The van der Waals surface area contributed by atoms with Crippen LogP contribution in [0.4, 0.5) is 0 Å². The molecule has 3 N–H and O–H groups in total. The van der Waals surface area contributed by atoms with Gasteiger partial charge in [0.25, 0.3) is 0 Å². The van der Waals surface area contributed by atoms with Crippen molar-refractivity contribution in [2.75, 3.05) is 0 Å². The van der Waals surface area contributed by atoms with Crippen molar-refractivity contribution < 1.29 is 4.52 Å². The van der Waals surface area contributed by atoms with E-state index in [1.165, 1.54) is 0 Å². The van der Waals surface area contributed by atoms with Crippen molar-refractivity contribution in [2.24, 2.45) is 5.73 Å². The fourth-order valence-electron chi connectivity index (χ4n) is 2.13. The van der Waals surface area contributed by atoms with Crippen LogP contribution in [0.5, 0.6) is 0 Å². The molecule has 0 saturated heterocycles. The van der Waals surface area contributed by atoms with Gasteiger partial charge in [0.2, 0.25) is 11.7 Å². The molecule has 2 aromatic rings. The van der Waals surface area contributed by atoms with Crippen molar-refractivity contribution in [1.29, 1.82) is 0 Å². The molecule has 1 saturated carbocycles. The summed E-state index contributed by atoms with van der Waals surface area (Å²) in [6.07, 6.45) is 6.39. The van der Waals surface area contributed by atoms with Crippen molar-refractivity contribution in [2.45, 2.75) is 31.2 Å². The highest BCUT2D eigenvalue weighted by molar-refractivity contribution is 5.85. The Morgan fingerprint density at radius 1 is 1.41 bits per heavy atom. The second kappa shape index (κ2) is 4.85. The molecule has 1 aliphatic carbocycles. The predicted molar refractivity (Wildman–Crippen MR) is 63.7 cm³/mol. The summed E-state index contributed by atoms with van der Waals surface area (Å²) in [5.74, 6) is 2.14. The standard InChI is InChI=1S/C10H13N5O.ClH/c11-7-2-1-6(5-7)10-14-9(15-16-10)8-12-3-4-13-8;/h3-4,6-7H,1-2,5,11H2,(H,12,13);1H. The minimum Gasteiger partial charge on any atom is -0.342 e. The van der Waals surface area contributed by atoms with Crippen LogP contribution < -0.4 is 5.73 Å². The second-order valence-electron chi connectivity index (χ2n) is 4.16. The van der Waals surface area contributed by atoms with Gasteiger partial charge in [-0.1, -0.05) is 5.16 Å². The fraction of sp³-hybridized carbons (Fsp3) is 0.500. The molecule has 3 rings (SSSR count). The summed E-state index contributed by atoms with van der Waals surface area (Å²) in [7, 11) is 0. The third kappa shape index (κ3) is 2.32. The van der Waals surface area contributed by atoms with E-state index in [1.54, 1.807) is 12.4 Å². The summed E-state index contributed by atoms with van der Waals surface area (Å²) >= 11 is 0. The van der Waals surface area contributed by atoms with Gasteiger partial charge in [-0.25, -0.2) is 4.98 Å². The zero-order chi connectivity index (χ0) is 11.0. The fourth-order valence-corrected chi connectivity index (χ4v) is 2.13. The van der Waals surface area contributed by atoms with Crippen LogP contribution in [0.15, 0.2) is 16.9 Å². The van der Waals surface area contributed by atoms with Crippen molar-refractivity contribution in [3.05, 3.63) is 18.3 Å². The average Bonchev–Trinajstić information content (AvgIpc) is 2.97. The van der Waals surface area contributed by atoms with Gasteiger partial charge in [0.1, 0.15) is 0 Å². The van der Waals surface area contributed by atoms with Crippen LogP contribution in [0.2, 0.25) is 0 Å². The molecule has 17 heavy (non-hydrogen) atoms. The molecule has 92 valence electrons. The Morgan fingerprint density at radius 2 is 2.29 bits per heavy atom. The summed E-state index contributed by atoms with van der Waals surface area (Å²) in [6, 6.07) is 0.268. The Hall–Kier alpha value is -1.40. The van der Waals surface area contributed by atoms with E-state index in [2.05, 4.69) is 20.1 Å². The second-order valence-corrected chi connectivity index (χ2v) is 4.16. The van der Waals surface area contributed by atoms with Gasteiger partial charge in [-0.3, -0.25) is 0 Å². The number of hydrogen-bond acceptors (Lipinski definition) is 5. The molecule has 2 aromatic heterocycles. The SMILES string of the molecule is Cl.NC1CCC(c2nc(-c3ncc[nH]3)no2)C1. The molecular formula is C10H14ClN5O. The maximum atomic E-state index is 5.86. The molecule has 2 heterocycles. The highest BCUT2D eigenvalue weighted by Gasteiger charge is 2.28. The average molecular weight is 256 g/mol. The minimum atomic E-state index is 0. The van der Waals surface area contributed by atoms with Gasteiger partial charge < -0.3 is 15.2 Å². The van der Waals surface area contributed by atoms with Crippen LogP contribution in [0.3, 0.4) is 0 Å². The number of H-pyrrole nitrogens is 1. The Balaban J connectivity index is 0.00000108. The van der Waals surface area contributed by atoms with E-state index in [0.717, 1.165) is 19.3 Å². The van der Waals surface area contributed by atoms with E-state index in [9.17, 15) is 0 Å². The van der Waals surface area contributed by atoms with Crippen LogP contribution in [0.1, 0.15) is 31.1 Å². The van der Waals surface area contributed by atoms with E-state index in [0.29, 0.717) is 23.5 Å². The number of rotatable bonds is 2. The number of hydrogen-bond donors (Lipinski definition) is 2. The van der Waals surface area contributed by atoms with Crippen LogP contribution in [0.25, 0.3) is 11.6 Å². The molecule has 2 atom stereocenters. The van der Waals surface area contributed by atoms with E-state index >= 15 is 0 Å². The van der Waals surface area contributed by atoms with Crippen molar-refractivity contribution >= 4 is 12.4 Å². The Bertz CT molecular complexity index is 469. The Morgan fingerprint density at radius 3 is 2.94 bits per heavy atom. The first-order valence-corrected chi connectivity index (χ1v) is 5.42. The number of nitrogens with zero attached hydrogens (tertiary/aromatic N) is 3. The maximum Gasteiger partial charge on any atom is 0.238 e. The zero-order valence-corrected chi connectivity index (χ0v) is 9.98. The van der Waals surface area contributed by atoms with Crippen molar-refractivity contribution in [1.82, 2.24) is 20.1 Å². The molecule has 0 amide bonds. The number of imidazole rings is 1. The monoisotopic (exact) mass is 255 g/mol. The molecule has 2 unspecified atom stereocenters. The quantitative estimate of drug-likeness (QED) is 0.848. The summed E-state index contributed by atoms with van der Waals surface area (Å²) in [6.45, 7) is 0. The maximum absolute atomic E-state index is 5.86. The molecular weight excluding hydrogens is 242 g/mol. The summed E-state index contributed by atoms with van der Waals surface area (Å²) in [4.78, 5) is 11.4. The van der Waals surface area contributed by atoms with Gasteiger partial charge in [0, 0.05) is 24.4 Å². The smallest absolute Gasteiger partial charge is 0.238 e. The minimum absolute atomic E-state index is 0. The molecule has 0 aliphatic heterocycles. The molecule has 0 spiro atoms. The normalized spacial score (nSPS) is 23.6. The number of nitrogens with one attached hydrogen (secondary N) is 1. The van der Waals surface area contributed by atoms with Crippen LogP contribution in [-0.2, 0) is 0 Å². The van der Waals surface area contributed by atoms with Crippen LogP contribution in [0, 0.1) is 0 Å². The van der Waals surface area contributed by atoms with E-state index in [-0.39, 0.29) is 18.4 Å². The zero-order valence-electron chi connectivity index (χ0n) is 9.17. The largest absolute Gasteiger partial charge is 0.342 e. The molecule has 0 bridgehead atoms. The third-order valence-electron chi connectivity index (χ3n) is 2.97. The topological polar surface area (TPSA) is 93.6 Å². The highest BCUT2D eigenvalue weighted by atomic mass is 35.5. The molecule has 6 nitrogen and oxygen atoms in total. The van der Waals surface area contributed by atoms with E-state index in [4.69, 9.17) is 10.3 Å². The lowest BCUT2D eigenvalue weighted by Crippen LogP contribution is -2.14. The summed E-state index contributed by atoms with van der Waals surface area (Å²) in [5.41, 5.74) is 5.86. The van der Waals surface area contributed by atoms with Gasteiger partial charge in [0.05, 0.1) is 0 Å².